The van der Waals surface area contributed by atoms with Crippen LogP contribution in [0.15, 0.2) is 18.2 Å². The summed E-state index contributed by atoms with van der Waals surface area (Å²) in [5.41, 5.74) is 0.258. The average molecular weight is 323 g/mol. The second-order valence-corrected chi connectivity index (χ2v) is 4.35. The van der Waals surface area contributed by atoms with E-state index in [0.29, 0.717) is 3.57 Å². The molecule has 1 aromatic carbocycles. The maximum atomic E-state index is 13.1. The molecule has 82 valence electrons. The third-order valence-electron chi connectivity index (χ3n) is 1.74. The Morgan fingerprint density at radius 3 is 2.87 bits per heavy atom. The molecule has 0 heterocycles. The first-order valence-corrected chi connectivity index (χ1v) is 5.50. The Hall–Kier alpha value is -0.690. The molecule has 0 bridgehead atoms. The monoisotopic (exact) mass is 323 g/mol. The number of aliphatic hydroxyl groups is 1. The second kappa shape index (κ2) is 5.41. The molecule has 1 amide bonds. The minimum Gasteiger partial charge on any atom is -0.392 e. The van der Waals surface area contributed by atoms with E-state index in [-0.39, 0.29) is 18.0 Å². The Bertz CT molecular complexity index is 368. The lowest BCUT2D eigenvalue weighted by Gasteiger charge is -2.07. The van der Waals surface area contributed by atoms with Gasteiger partial charge in [-0.2, -0.15) is 0 Å². The van der Waals surface area contributed by atoms with Gasteiger partial charge in [0.15, 0.2) is 0 Å². The summed E-state index contributed by atoms with van der Waals surface area (Å²) in [6, 6.07) is 4.26. The molecule has 3 nitrogen and oxygen atoms in total. The summed E-state index contributed by atoms with van der Waals surface area (Å²) in [6.45, 7) is 1.72. The summed E-state index contributed by atoms with van der Waals surface area (Å²) < 4.78 is 13.6. The van der Waals surface area contributed by atoms with Gasteiger partial charge in [0.05, 0.1) is 6.10 Å². The van der Waals surface area contributed by atoms with Gasteiger partial charge in [0.1, 0.15) is 5.82 Å². The molecule has 0 fully saturated rings. The molecule has 0 aliphatic carbocycles. The van der Waals surface area contributed by atoms with Crippen LogP contribution < -0.4 is 5.32 Å². The van der Waals surface area contributed by atoms with E-state index in [9.17, 15) is 9.18 Å². The number of rotatable bonds is 3. The third-order valence-corrected chi connectivity index (χ3v) is 2.61. The minimum atomic E-state index is -0.609. The third kappa shape index (κ3) is 3.75. The molecule has 15 heavy (non-hydrogen) atoms. The summed E-state index contributed by atoms with van der Waals surface area (Å²) in [5.74, 6) is -0.800. The van der Waals surface area contributed by atoms with E-state index in [1.165, 1.54) is 12.1 Å². The van der Waals surface area contributed by atoms with E-state index in [1.54, 1.807) is 13.0 Å². The van der Waals surface area contributed by atoms with Crippen LogP contribution in [-0.4, -0.2) is 23.7 Å². The van der Waals surface area contributed by atoms with Crippen LogP contribution in [0.3, 0.4) is 0 Å². The Balaban J connectivity index is 2.70. The molecular weight excluding hydrogens is 312 g/mol. The Morgan fingerprint density at radius 1 is 1.67 bits per heavy atom. The zero-order chi connectivity index (χ0) is 11.4. The van der Waals surface area contributed by atoms with E-state index in [4.69, 9.17) is 5.11 Å². The smallest absolute Gasteiger partial charge is 0.251 e. The van der Waals surface area contributed by atoms with E-state index in [1.807, 2.05) is 22.6 Å². The quantitative estimate of drug-likeness (QED) is 0.829. The van der Waals surface area contributed by atoms with E-state index in [0.717, 1.165) is 0 Å². The highest BCUT2D eigenvalue weighted by Crippen LogP contribution is 2.12. The van der Waals surface area contributed by atoms with Crippen LogP contribution in [-0.2, 0) is 0 Å². The summed E-state index contributed by atoms with van der Waals surface area (Å²) >= 11 is 1.85. The molecule has 1 atom stereocenters. The fraction of sp³-hybridized carbons (Fsp3) is 0.300. The number of carbonyl (C=O) groups excluding carboxylic acids is 1. The highest BCUT2D eigenvalue weighted by Gasteiger charge is 2.08. The van der Waals surface area contributed by atoms with Crippen molar-refractivity contribution in [3.63, 3.8) is 0 Å². The van der Waals surface area contributed by atoms with Gasteiger partial charge in [-0.25, -0.2) is 4.39 Å². The number of nitrogens with one attached hydrogen (secondary N) is 1. The van der Waals surface area contributed by atoms with Crippen LogP contribution in [0.2, 0.25) is 0 Å². The number of benzene rings is 1. The number of amides is 1. The summed E-state index contributed by atoms with van der Waals surface area (Å²) in [6.07, 6.45) is -0.609. The largest absolute Gasteiger partial charge is 0.392 e. The van der Waals surface area contributed by atoms with Crippen LogP contribution >= 0.6 is 22.6 Å². The van der Waals surface area contributed by atoms with Gasteiger partial charge in [-0.3, -0.25) is 4.79 Å². The van der Waals surface area contributed by atoms with Crippen molar-refractivity contribution in [1.29, 1.82) is 0 Å². The van der Waals surface area contributed by atoms with Crippen LogP contribution in [0.5, 0.6) is 0 Å². The van der Waals surface area contributed by atoms with Crippen molar-refractivity contribution in [2.45, 2.75) is 13.0 Å². The summed E-state index contributed by atoms with van der Waals surface area (Å²) in [4.78, 5) is 11.4. The molecule has 2 N–H and O–H groups in total. The summed E-state index contributed by atoms with van der Waals surface area (Å²) in [7, 11) is 0. The van der Waals surface area contributed by atoms with Gasteiger partial charge in [0.2, 0.25) is 0 Å². The standard InChI is InChI=1S/C10H11FINO2/c1-6(14)5-13-10(15)7-2-3-9(12)8(11)4-7/h2-4,6,14H,5H2,1H3,(H,13,15). The molecule has 5 heteroatoms. The highest BCUT2D eigenvalue weighted by atomic mass is 127. The predicted molar refractivity (Wildman–Crippen MR) is 63.1 cm³/mol. The average Bonchev–Trinajstić information content (AvgIpc) is 2.18. The number of hydrogen-bond acceptors (Lipinski definition) is 2. The van der Waals surface area contributed by atoms with Crippen molar-refractivity contribution in [1.82, 2.24) is 5.32 Å². The van der Waals surface area contributed by atoms with Crippen molar-refractivity contribution < 1.29 is 14.3 Å². The highest BCUT2D eigenvalue weighted by molar-refractivity contribution is 14.1. The van der Waals surface area contributed by atoms with Crippen molar-refractivity contribution in [2.24, 2.45) is 0 Å². The van der Waals surface area contributed by atoms with Gasteiger partial charge in [0.25, 0.3) is 5.91 Å². The van der Waals surface area contributed by atoms with Gasteiger partial charge < -0.3 is 10.4 Å². The molecule has 0 radical (unpaired) electrons. The van der Waals surface area contributed by atoms with Crippen molar-refractivity contribution >= 4 is 28.5 Å². The first kappa shape index (κ1) is 12.4. The minimum absolute atomic E-state index is 0.159. The van der Waals surface area contributed by atoms with Gasteiger partial charge >= 0.3 is 0 Å². The Morgan fingerprint density at radius 2 is 2.33 bits per heavy atom. The zero-order valence-corrected chi connectivity index (χ0v) is 10.3. The van der Waals surface area contributed by atoms with E-state index < -0.39 is 11.9 Å². The van der Waals surface area contributed by atoms with Crippen LogP contribution in [0.4, 0.5) is 4.39 Å². The summed E-state index contributed by atoms with van der Waals surface area (Å²) in [5, 5.41) is 11.4. The number of carbonyl (C=O) groups is 1. The maximum absolute atomic E-state index is 13.1. The van der Waals surface area contributed by atoms with Crippen LogP contribution in [0.25, 0.3) is 0 Å². The van der Waals surface area contributed by atoms with E-state index in [2.05, 4.69) is 5.32 Å². The lowest BCUT2D eigenvalue weighted by atomic mass is 10.2. The van der Waals surface area contributed by atoms with Gasteiger partial charge in [-0.1, -0.05) is 0 Å². The predicted octanol–water partition coefficient (Wildman–Crippen LogP) is 1.54. The van der Waals surface area contributed by atoms with Crippen molar-refractivity contribution in [3.05, 3.63) is 33.1 Å². The molecule has 0 saturated heterocycles. The van der Waals surface area contributed by atoms with Crippen molar-refractivity contribution in [2.75, 3.05) is 6.54 Å². The molecule has 0 aliphatic rings. The Kier molecular flexibility index (Phi) is 4.46. The fourth-order valence-corrected chi connectivity index (χ4v) is 1.32. The number of hydrogen-bond donors (Lipinski definition) is 2. The number of aliphatic hydroxyl groups excluding tert-OH is 1. The van der Waals surface area contributed by atoms with Gasteiger partial charge in [-0.15, -0.1) is 0 Å². The van der Waals surface area contributed by atoms with Crippen LogP contribution in [0.1, 0.15) is 17.3 Å². The maximum Gasteiger partial charge on any atom is 0.251 e. The lowest BCUT2D eigenvalue weighted by molar-refractivity contribution is 0.0923. The number of halogens is 2. The molecule has 0 aromatic heterocycles. The first-order valence-electron chi connectivity index (χ1n) is 4.42. The first-order chi connectivity index (χ1) is 7.00. The normalized spacial score (nSPS) is 12.3. The Labute approximate surface area is 101 Å². The van der Waals surface area contributed by atoms with E-state index >= 15 is 0 Å². The zero-order valence-electron chi connectivity index (χ0n) is 8.13. The lowest BCUT2D eigenvalue weighted by Crippen LogP contribution is -2.30. The SMILES string of the molecule is CC(O)CNC(=O)c1ccc(I)c(F)c1. The van der Waals surface area contributed by atoms with Gasteiger partial charge in [0, 0.05) is 15.7 Å². The van der Waals surface area contributed by atoms with Crippen molar-refractivity contribution in [3.8, 4) is 0 Å². The molecule has 1 unspecified atom stereocenters. The van der Waals surface area contributed by atoms with Crippen LogP contribution in [0, 0.1) is 9.39 Å². The molecule has 0 saturated carbocycles. The molecular formula is C10H11FINO2. The van der Waals surface area contributed by atoms with Gasteiger partial charge in [-0.05, 0) is 47.7 Å². The molecule has 0 spiro atoms. The molecule has 1 aromatic rings. The second-order valence-electron chi connectivity index (χ2n) is 3.19. The molecule has 1 rings (SSSR count). The fourth-order valence-electron chi connectivity index (χ4n) is 0.980. The molecule has 0 aliphatic heterocycles. The topological polar surface area (TPSA) is 49.3 Å².